The van der Waals surface area contributed by atoms with Crippen molar-refractivity contribution < 1.29 is 0 Å². The van der Waals surface area contributed by atoms with E-state index >= 15 is 0 Å². The summed E-state index contributed by atoms with van der Waals surface area (Å²) in [6, 6.07) is 18.8. The standard InChI is InChI=1S/C19H20N6/c1-15-6-5-9-17(10-15)13-25-19(21-22-23-25)18-11-20-24(14-18)12-16-7-3-2-4-8-16/h2-11,14,22-23H,12-13H2,1H3. The molecule has 0 radical (unpaired) electrons. The van der Waals surface area contributed by atoms with Gasteiger partial charge in [0.05, 0.1) is 24.8 Å². The summed E-state index contributed by atoms with van der Waals surface area (Å²) in [6.45, 7) is 3.56. The Balaban J connectivity index is 1.49. The van der Waals surface area contributed by atoms with Crippen molar-refractivity contribution in [3.05, 3.63) is 89.2 Å². The van der Waals surface area contributed by atoms with Crippen LogP contribution in [0.4, 0.5) is 0 Å². The predicted molar refractivity (Wildman–Crippen MR) is 97.3 cm³/mol. The molecule has 1 aliphatic heterocycles. The van der Waals surface area contributed by atoms with E-state index in [1.54, 1.807) is 0 Å². The average molecular weight is 332 g/mol. The molecular weight excluding hydrogens is 312 g/mol. The van der Waals surface area contributed by atoms with Gasteiger partial charge in [-0.1, -0.05) is 60.2 Å². The fraction of sp³-hybridized carbons (Fsp3) is 0.158. The molecule has 0 aliphatic carbocycles. The molecule has 0 bridgehead atoms. The number of nitrogens with zero attached hydrogens (tertiary/aromatic N) is 4. The number of nitrogens with one attached hydrogen (secondary N) is 2. The minimum absolute atomic E-state index is 0.720. The monoisotopic (exact) mass is 332 g/mol. The highest BCUT2D eigenvalue weighted by Crippen LogP contribution is 2.13. The first-order valence-corrected chi connectivity index (χ1v) is 8.26. The fourth-order valence-electron chi connectivity index (χ4n) is 2.92. The van der Waals surface area contributed by atoms with Crippen molar-refractivity contribution in [3.63, 3.8) is 0 Å². The highest BCUT2D eigenvalue weighted by atomic mass is 15.8. The lowest BCUT2D eigenvalue weighted by atomic mass is 10.1. The van der Waals surface area contributed by atoms with E-state index in [-0.39, 0.29) is 0 Å². The van der Waals surface area contributed by atoms with Crippen LogP contribution in [0.1, 0.15) is 22.3 Å². The molecule has 0 saturated heterocycles. The third-order valence-corrected chi connectivity index (χ3v) is 4.10. The third-order valence-electron chi connectivity index (χ3n) is 4.10. The first kappa shape index (κ1) is 15.4. The number of benzene rings is 2. The zero-order valence-corrected chi connectivity index (χ0v) is 14.1. The number of hydrazone groups is 1. The van der Waals surface area contributed by atoms with Gasteiger partial charge in [-0.25, -0.2) is 5.53 Å². The average Bonchev–Trinajstić information content (AvgIpc) is 3.25. The van der Waals surface area contributed by atoms with E-state index in [9.17, 15) is 0 Å². The maximum atomic E-state index is 4.47. The Bertz CT molecular complexity index is 884. The van der Waals surface area contributed by atoms with Crippen LogP contribution in [0.3, 0.4) is 0 Å². The topological polar surface area (TPSA) is 57.5 Å². The molecule has 0 amide bonds. The second-order valence-corrected chi connectivity index (χ2v) is 6.15. The third kappa shape index (κ3) is 3.54. The van der Waals surface area contributed by atoms with E-state index in [1.165, 1.54) is 16.7 Å². The largest absolute Gasteiger partial charge is 0.268 e. The van der Waals surface area contributed by atoms with E-state index in [0.717, 1.165) is 24.5 Å². The van der Waals surface area contributed by atoms with Crippen molar-refractivity contribution >= 4 is 5.84 Å². The molecule has 1 aromatic heterocycles. The van der Waals surface area contributed by atoms with E-state index in [4.69, 9.17) is 0 Å². The van der Waals surface area contributed by atoms with Crippen molar-refractivity contribution in [1.29, 1.82) is 0 Å². The Morgan fingerprint density at radius 2 is 1.80 bits per heavy atom. The first-order chi connectivity index (χ1) is 12.3. The van der Waals surface area contributed by atoms with Gasteiger partial charge in [0.2, 0.25) is 0 Å². The Morgan fingerprint density at radius 3 is 2.64 bits per heavy atom. The lowest BCUT2D eigenvalue weighted by Crippen LogP contribution is -2.40. The summed E-state index contributed by atoms with van der Waals surface area (Å²) in [6.07, 6.45) is 3.86. The maximum Gasteiger partial charge on any atom is 0.176 e. The van der Waals surface area contributed by atoms with Crippen molar-refractivity contribution in [3.8, 4) is 0 Å². The lowest BCUT2D eigenvalue weighted by molar-refractivity contribution is 0.288. The molecule has 4 rings (SSSR count). The Kier molecular flexibility index (Phi) is 4.18. The highest BCUT2D eigenvalue weighted by Gasteiger charge is 2.20. The minimum atomic E-state index is 0.720. The normalized spacial score (nSPS) is 13.6. The molecule has 25 heavy (non-hydrogen) atoms. The van der Waals surface area contributed by atoms with Gasteiger partial charge >= 0.3 is 0 Å². The Labute approximate surface area is 146 Å². The summed E-state index contributed by atoms with van der Waals surface area (Å²) in [5.41, 5.74) is 10.6. The lowest BCUT2D eigenvalue weighted by Gasteiger charge is -2.18. The molecule has 6 nitrogen and oxygen atoms in total. The molecule has 126 valence electrons. The summed E-state index contributed by atoms with van der Waals surface area (Å²) in [7, 11) is 0. The van der Waals surface area contributed by atoms with Crippen LogP contribution in [0.25, 0.3) is 0 Å². The van der Waals surface area contributed by atoms with Crippen molar-refractivity contribution in [1.82, 2.24) is 25.9 Å². The molecule has 2 N–H and O–H groups in total. The molecule has 1 aliphatic rings. The van der Waals surface area contributed by atoms with Gasteiger partial charge in [-0.05, 0) is 18.1 Å². The first-order valence-electron chi connectivity index (χ1n) is 8.26. The molecule has 0 spiro atoms. The van der Waals surface area contributed by atoms with Gasteiger partial charge in [-0.3, -0.25) is 9.69 Å². The molecule has 6 heteroatoms. The molecular formula is C19H20N6. The molecule has 0 saturated carbocycles. The van der Waals surface area contributed by atoms with Gasteiger partial charge in [0.25, 0.3) is 0 Å². The molecule has 3 aromatic rings. The van der Waals surface area contributed by atoms with Crippen molar-refractivity contribution in [2.45, 2.75) is 20.0 Å². The SMILES string of the molecule is Cc1cccc(CN2NNN=C2c2cnn(Cc3ccccc3)c2)c1. The Hall–Kier alpha value is -3.12. The number of hydrogen-bond acceptors (Lipinski definition) is 5. The van der Waals surface area contributed by atoms with E-state index < -0.39 is 0 Å². The van der Waals surface area contributed by atoms with Gasteiger partial charge in [0, 0.05) is 6.20 Å². The van der Waals surface area contributed by atoms with Gasteiger partial charge in [0.15, 0.2) is 5.84 Å². The predicted octanol–water partition coefficient (Wildman–Crippen LogP) is 2.43. The van der Waals surface area contributed by atoms with Crippen LogP contribution in [-0.4, -0.2) is 20.6 Å². The number of aromatic nitrogens is 2. The molecule has 0 fully saturated rings. The maximum absolute atomic E-state index is 4.47. The van der Waals surface area contributed by atoms with Crippen LogP contribution >= 0.6 is 0 Å². The van der Waals surface area contributed by atoms with E-state index in [2.05, 4.69) is 64.6 Å². The van der Waals surface area contributed by atoms with Gasteiger partial charge in [-0.15, -0.1) is 10.6 Å². The van der Waals surface area contributed by atoms with Crippen LogP contribution in [0, 0.1) is 6.92 Å². The number of hydrogen-bond donors (Lipinski definition) is 2. The van der Waals surface area contributed by atoms with Crippen molar-refractivity contribution in [2.75, 3.05) is 0 Å². The van der Waals surface area contributed by atoms with Crippen LogP contribution in [0.5, 0.6) is 0 Å². The van der Waals surface area contributed by atoms with E-state index in [1.807, 2.05) is 40.3 Å². The zero-order valence-electron chi connectivity index (χ0n) is 14.1. The summed E-state index contributed by atoms with van der Waals surface area (Å²) in [4.78, 5) is 0. The Morgan fingerprint density at radius 1 is 0.960 bits per heavy atom. The molecule has 0 unspecified atom stereocenters. The van der Waals surface area contributed by atoms with Crippen LogP contribution in [0.2, 0.25) is 0 Å². The van der Waals surface area contributed by atoms with Gasteiger partial charge in [-0.2, -0.15) is 5.10 Å². The second-order valence-electron chi connectivity index (χ2n) is 6.15. The summed E-state index contributed by atoms with van der Waals surface area (Å²) < 4.78 is 1.93. The second kappa shape index (κ2) is 6.78. The number of rotatable bonds is 5. The van der Waals surface area contributed by atoms with E-state index in [0.29, 0.717) is 0 Å². The van der Waals surface area contributed by atoms with Crippen LogP contribution in [0.15, 0.2) is 72.1 Å². The van der Waals surface area contributed by atoms with Crippen LogP contribution < -0.4 is 11.1 Å². The molecule has 0 atom stereocenters. The fourth-order valence-corrected chi connectivity index (χ4v) is 2.92. The smallest absolute Gasteiger partial charge is 0.176 e. The van der Waals surface area contributed by atoms with Gasteiger partial charge < -0.3 is 0 Å². The quantitative estimate of drug-likeness (QED) is 0.753. The van der Waals surface area contributed by atoms with Crippen molar-refractivity contribution in [2.24, 2.45) is 5.10 Å². The number of aryl methyl sites for hydroxylation is 1. The van der Waals surface area contributed by atoms with Gasteiger partial charge in [0.1, 0.15) is 0 Å². The number of amidine groups is 1. The van der Waals surface area contributed by atoms with Crippen LogP contribution in [-0.2, 0) is 13.1 Å². The summed E-state index contributed by atoms with van der Waals surface area (Å²) >= 11 is 0. The zero-order chi connectivity index (χ0) is 17.1. The molecule has 2 heterocycles. The summed E-state index contributed by atoms with van der Waals surface area (Å²) in [5.74, 6) is 0.834. The highest BCUT2D eigenvalue weighted by molar-refractivity contribution is 5.98. The minimum Gasteiger partial charge on any atom is -0.268 e. The summed E-state index contributed by atoms with van der Waals surface area (Å²) in [5, 5.41) is 10.8. The molecule has 2 aromatic carbocycles. The number of hydrazine groups is 2.